The summed E-state index contributed by atoms with van der Waals surface area (Å²) in [7, 11) is 0. The van der Waals surface area contributed by atoms with Gasteiger partial charge in [0, 0.05) is 29.4 Å². The number of anilines is 3. The molecule has 0 unspecified atom stereocenters. The van der Waals surface area contributed by atoms with Gasteiger partial charge >= 0.3 is 12.2 Å². The van der Waals surface area contributed by atoms with E-state index in [-0.39, 0.29) is 24.1 Å². The third-order valence-electron chi connectivity index (χ3n) is 5.07. The maximum atomic E-state index is 13.7. The monoisotopic (exact) mass is 498 g/mol. The number of amides is 4. The van der Waals surface area contributed by atoms with E-state index >= 15 is 0 Å². The van der Waals surface area contributed by atoms with Crippen molar-refractivity contribution in [1.29, 1.82) is 0 Å². The molecule has 7 nitrogen and oxygen atoms in total. The van der Waals surface area contributed by atoms with Gasteiger partial charge in [0.2, 0.25) is 5.91 Å². The Labute approximate surface area is 206 Å². The highest BCUT2D eigenvalue weighted by Crippen LogP contribution is 2.36. The number of hydrogen-bond donors (Lipinski definition) is 4. The van der Waals surface area contributed by atoms with E-state index in [0.29, 0.717) is 16.8 Å². The standard InChI is InChI=1S/C26H25F3N4O3/c1-16(2)23(34)31-19-10-8-17(9-11-19)15-30-25(36)33-22-13-12-20(14-21(22)26(27,28)29)32-24(35)18-6-4-3-5-7-18/h3-14,16H,15H2,1-2H3,(H,31,34)(H,32,35)(H2,30,33,36). The molecule has 0 aliphatic rings. The fraction of sp³-hybridized carbons (Fsp3) is 0.192. The van der Waals surface area contributed by atoms with E-state index in [4.69, 9.17) is 0 Å². The van der Waals surface area contributed by atoms with Gasteiger partial charge in [-0.05, 0) is 48.0 Å². The fourth-order valence-electron chi connectivity index (χ4n) is 3.10. The van der Waals surface area contributed by atoms with Gasteiger partial charge in [-0.2, -0.15) is 13.2 Å². The van der Waals surface area contributed by atoms with Crippen LogP contribution in [0.5, 0.6) is 0 Å². The zero-order chi connectivity index (χ0) is 26.3. The molecule has 0 spiro atoms. The summed E-state index contributed by atoms with van der Waals surface area (Å²) in [6.07, 6.45) is -4.77. The van der Waals surface area contributed by atoms with Crippen LogP contribution in [0.4, 0.5) is 35.0 Å². The number of nitrogens with one attached hydrogen (secondary N) is 4. The molecular formula is C26H25F3N4O3. The van der Waals surface area contributed by atoms with Crippen LogP contribution in [0.1, 0.15) is 35.3 Å². The van der Waals surface area contributed by atoms with Gasteiger partial charge < -0.3 is 21.3 Å². The molecule has 0 aromatic heterocycles. The van der Waals surface area contributed by atoms with Crippen molar-refractivity contribution in [2.24, 2.45) is 5.92 Å². The number of hydrogen-bond acceptors (Lipinski definition) is 3. The van der Waals surface area contributed by atoms with Gasteiger partial charge in [-0.3, -0.25) is 9.59 Å². The molecule has 4 N–H and O–H groups in total. The van der Waals surface area contributed by atoms with Gasteiger partial charge in [-0.25, -0.2) is 4.79 Å². The summed E-state index contributed by atoms with van der Waals surface area (Å²) in [5.41, 5.74) is -0.0492. The lowest BCUT2D eigenvalue weighted by atomic mass is 10.1. The van der Waals surface area contributed by atoms with Crippen LogP contribution >= 0.6 is 0 Å². The smallest absolute Gasteiger partial charge is 0.334 e. The van der Waals surface area contributed by atoms with Gasteiger partial charge in [-0.15, -0.1) is 0 Å². The number of urea groups is 1. The highest BCUT2D eigenvalue weighted by molar-refractivity contribution is 6.04. The Hall–Kier alpha value is -4.34. The van der Waals surface area contributed by atoms with Crippen molar-refractivity contribution in [3.8, 4) is 0 Å². The molecule has 0 saturated carbocycles. The van der Waals surface area contributed by atoms with E-state index in [2.05, 4.69) is 21.3 Å². The Bertz CT molecular complexity index is 1230. The second kappa shape index (κ2) is 11.4. The third kappa shape index (κ3) is 7.33. The first-order valence-corrected chi connectivity index (χ1v) is 11.0. The van der Waals surface area contributed by atoms with E-state index < -0.39 is 29.4 Å². The molecular weight excluding hydrogens is 473 g/mol. The Morgan fingerprint density at radius 3 is 2.06 bits per heavy atom. The summed E-state index contributed by atoms with van der Waals surface area (Å²) >= 11 is 0. The van der Waals surface area contributed by atoms with Gasteiger partial charge in [0.05, 0.1) is 11.3 Å². The van der Waals surface area contributed by atoms with Crippen LogP contribution < -0.4 is 21.3 Å². The summed E-state index contributed by atoms with van der Waals surface area (Å²) in [6, 6.07) is 17.0. The van der Waals surface area contributed by atoms with Crippen molar-refractivity contribution in [3.05, 3.63) is 89.5 Å². The van der Waals surface area contributed by atoms with Crippen molar-refractivity contribution >= 4 is 34.9 Å². The molecule has 3 aromatic carbocycles. The highest BCUT2D eigenvalue weighted by Gasteiger charge is 2.34. The Morgan fingerprint density at radius 1 is 0.806 bits per heavy atom. The quantitative estimate of drug-likeness (QED) is 0.328. The highest BCUT2D eigenvalue weighted by atomic mass is 19.4. The summed E-state index contributed by atoms with van der Waals surface area (Å²) in [4.78, 5) is 36.3. The van der Waals surface area contributed by atoms with E-state index in [9.17, 15) is 27.6 Å². The molecule has 36 heavy (non-hydrogen) atoms. The molecule has 3 aromatic rings. The van der Waals surface area contributed by atoms with Crippen molar-refractivity contribution in [3.63, 3.8) is 0 Å². The number of alkyl halides is 3. The molecule has 0 bridgehead atoms. The molecule has 10 heteroatoms. The second-order valence-corrected chi connectivity index (χ2v) is 8.23. The number of rotatable bonds is 7. The zero-order valence-corrected chi connectivity index (χ0v) is 19.6. The number of benzene rings is 3. The molecule has 188 valence electrons. The first-order chi connectivity index (χ1) is 17.0. The minimum atomic E-state index is -4.77. The largest absolute Gasteiger partial charge is 0.418 e. The van der Waals surface area contributed by atoms with E-state index in [1.807, 2.05) is 0 Å². The molecule has 4 amide bonds. The predicted molar refractivity (Wildman–Crippen MR) is 132 cm³/mol. The topological polar surface area (TPSA) is 99.3 Å². The number of carbonyl (C=O) groups excluding carboxylic acids is 3. The molecule has 0 fully saturated rings. The lowest BCUT2D eigenvalue weighted by Crippen LogP contribution is -2.29. The molecule has 0 radical (unpaired) electrons. The summed E-state index contributed by atoms with van der Waals surface area (Å²) in [6.45, 7) is 3.59. The number of carbonyl (C=O) groups is 3. The van der Waals surface area contributed by atoms with Gasteiger partial charge in [0.1, 0.15) is 0 Å². The van der Waals surface area contributed by atoms with Gasteiger partial charge in [0.25, 0.3) is 5.91 Å². The maximum Gasteiger partial charge on any atom is 0.418 e. The normalized spacial score (nSPS) is 11.1. The van der Waals surface area contributed by atoms with Gasteiger partial charge in [-0.1, -0.05) is 44.2 Å². The van der Waals surface area contributed by atoms with Crippen LogP contribution in [0.25, 0.3) is 0 Å². The first kappa shape index (κ1) is 26.3. The van der Waals surface area contributed by atoms with Crippen molar-refractivity contribution in [2.75, 3.05) is 16.0 Å². The zero-order valence-electron chi connectivity index (χ0n) is 19.6. The molecule has 0 atom stereocenters. The molecule has 3 rings (SSSR count). The molecule has 0 aliphatic heterocycles. The molecule has 0 saturated heterocycles. The van der Waals surface area contributed by atoms with Crippen LogP contribution in [0.3, 0.4) is 0 Å². The van der Waals surface area contributed by atoms with E-state index in [1.54, 1.807) is 56.3 Å². The van der Waals surface area contributed by atoms with Crippen LogP contribution in [0.15, 0.2) is 72.8 Å². The van der Waals surface area contributed by atoms with Crippen molar-refractivity contribution < 1.29 is 27.6 Å². The van der Waals surface area contributed by atoms with Gasteiger partial charge in [0.15, 0.2) is 0 Å². The maximum absolute atomic E-state index is 13.7. The Balaban J connectivity index is 1.63. The summed E-state index contributed by atoms with van der Waals surface area (Å²) in [5, 5.41) is 9.88. The second-order valence-electron chi connectivity index (χ2n) is 8.23. The first-order valence-electron chi connectivity index (χ1n) is 11.0. The summed E-state index contributed by atoms with van der Waals surface area (Å²) < 4.78 is 41.0. The van der Waals surface area contributed by atoms with E-state index in [0.717, 1.165) is 12.1 Å². The minimum absolute atomic E-state index is 0.0524. The van der Waals surface area contributed by atoms with Crippen molar-refractivity contribution in [2.45, 2.75) is 26.6 Å². The minimum Gasteiger partial charge on any atom is -0.334 e. The lowest BCUT2D eigenvalue weighted by Gasteiger charge is -2.16. The lowest BCUT2D eigenvalue weighted by molar-refractivity contribution is -0.136. The van der Waals surface area contributed by atoms with Crippen molar-refractivity contribution in [1.82, 2.24) is 5.32 Å². The van der Waals surface area contributed by atoms with Crippen LogP contribution in [0, 0.1) is 5.92 Å². The molecule has 0 heterocycles. The van der Waals surface area contributed by atoms with E-state index in [1.165, 1.54) is 18.2 Å². The predicted octanol–water partition coefficient (Wildman–Crippen LogP) is 5.87. The Morgan fingerprint density at radius 2 is 1.44 bits per heavy atom. The average molecular weight is 499 g/mol. The Kier molecular flexibility index (Phi) is 8.31. The van der Waals surface area contributed by atoms with Crippen LogP contribution in [-0.2, 0) is 17.5 Å². The SMILES string of the molecule is CC(C)C(=O)Nc1ccc(CNC(=O)Nc2ccc(NC(=O)c3ccccc3)cc2C(F)(F)F)cc1. The van der Waals surface area contributed by atoms with Crippen LogP contribution in [0.2, 0.25) is 0 Å². The van der Waals surface area contributed by atoms with Crippen LogP contribution in [-0.4, -0.2) is 17.8 Å². The average Bonchev–Trinajstić information content (AvgIpc) is 2.84. The number of halogens is 3. The fourth-order valence-corrected chi connectivity index (χ4v) is 3.10. The third-order valence-corrected chi connectivity index (χ3v) is 5.07. The molecule has 0 aliphatic carbocycles. The summed E-state index contributed by atoms with van der Waals surface area (Å²) in [5.74, 6) is -0.867.